The molecule has 0 amide bonds. The van der Waals surface area contributed by atoms with Gasteiger partial charge in [0.2, 0.25) is 0 Å². The molecule has 0 spiro atoms. The third kappa shape index (κ3) is 2.59. The van der Waals surface area contributed by atoms with Crippen molar-refractivity contribution >= 4 is 0 Å². The van der Waals surface area contributed by atoms with Crippen LogP contribution in [0.25, 0.3) is 0 Å². The molecule has 0 aliphatic heterocycles. The van der Waals surface area contributed by atoms with E-state index in [1.807, 2.05) is 25.1 Å². The average Bonchev–Trinajstić information content (AvgIpc) is 2.78. The Labute approximate surface area is 102 Å². The maximum absolute atomic E-state index is 9.09. The summed E-state index contributed by atoms with van der Waals surface area (Å²) in [6.45, 7) is 2.64. The number of rotatable bonds is 3. The van der Waals surface area contributed by atoms with Crippen molar-refractivity contribution in [3.05, 3.63) is 29.3 Å². The molecule has 1 saturated carbocycles. The van der Waals surface area contributed by atoms with Crippen LogP contribution < -0.4 is 10.5 Å². The van der Waals surface area contributed by atoms with Crippen LogP contribution in [-0.2, 0) is 0 Å². The molecule has 0 aromatic heterocycles. The van der Waals surface area contributed by atoms with Crippen molar-refractivity contribution in [3.8, 4) is 11.8 Å². The Morgan fingerprint density at radius 2 is 2.29 bits per heavy atom. The van der Waals surface area contributed by atoms with Crippen molar-refractivity contribution in [2.45, 2.75) is 32.3 Å². The number of hydrogen-bond acceptors (Lipinski definition) is 3. The van der Waals surface area contributed by atoms with Gasteiger partial charge in [-0.05, 0) is 50.4 Å². The monoisotopic (exact) mass is 230 g/mol. The van der Waals surface area contributed by atoms with E-state index in [9.17, 15) is 0 Å². The van der Waals surface area contributed by atoms with Crippen LogP contribution in [0.3, 0.4) is 0 Å². The lowest BCUT2D eigenvalue weighted by Crippen LogP contribution is -2.27. The third-order valence-corrected chi connectivity index (χ3v) is 3.43. The highest BCUT2D eigenvalue weighted by molar-refractivity contribution is 5.45. The van der Waals surface area contributed by atoms with E-state index < -0.39 is 0 Å². The van der Waals surface area contributed by atoms with Gasteiger partial charge in [-0.1, -0.05) is 6.07 Å². The summed E-state index contributed by atoms with van der Waals surface area (Å²) in [6.07, 6.45) is 3.52. The summed E-state index contributed by atoms with van der Waals surface area (Å²) in [6, 6.07) is 7.91. The molecule has 0 bridgehead atoms. The molecular weight excluding hydrogens is 212 g/mol. The second kappa shape index (κ2) is 5.20. The first kappa shape index (κ1) is 11.9. The normalized spacial score (nSPS) is 23.4. The molecule has 2 rings (SSSR count). The first-order valence-electron chi connectivity index (χ1n) is 6.12. The largest absolute Gasteiger partial charge is 0.489 e. The van der Waals surface area contributed by atoms with E-state index in [1.54, 1.807) is 0 Å². The van der Waals surface area contributed by atoms with Gasteiger partial charge in [0, 0.05) is 5.92 Å². The zero-order valence-corrected chi connectivity index (χ0v) is 10.1. The van der Waals surface area contributed by atoms with Crippen LogP contribution in [0.5, 0.6) is 5.75 Å². The van der Waals surface area contributed by atoms with Gasteiger partial charge in [0.05, 0.1) is 5.56 Å². The molecular formula is C14H18N2O. The Balaban J connectivity index is 2.16. The predicted molar refractivity (Wildman–Crippen MR) is 66.7 cm³/mol. The number of nitrogens with two attached hydrogens (primary N) is 1. The molecule has 1 aliphatic carbocycles. The minimum atomic E-state index is 0.176. The Bertz CT molecular complexity index is 436. The second-order valence-electron chi connectivity index (χ2n) is 4.69. The van der Waals surface area contributed by atoms with Crippen molar-refractivity contribution in [2.24, 2.45) is 11.7 Å². The zero-order chi connectivity index (χ0) is 12.3. The fourth-order valence-electron chi connectivity index (χ4n) is 2.42. The summed E-state index contributed by atoms with van der Waals surface area (Å²) in [5.41, 5.74) is 7.43. The minimum Gasteiger partial charge on any atom is -0.489 e. The van der Waals surface area contributed by atoms with Gasteiger partial charge in [0.1, 0.15) is 17.9 Å². The van der Waals surface area contributed by atoms with Gasteiger partial charge in [-0.15, -0.1) is 0 Å². The van der Waals surface area contributed by atoms with E-state index in [-0.39, 0.29) is 6.10 Å². The molecule has 17 heavy (non-hydrogen) atoms. The molecule has 3 nitrogen and oxygen atoms in total. The van der Waals surface area contributed by atoms with Gasteiger partial charge in [-0.2, -0.15) is 5.26 Å². The highest BCUT2D eigenvalue weighted by Crippen LogP contribution is 2.30. The topological polar surface area (TPSA) is 59.0 Å². The first-order valence-corrected chi connectivity index (χ1v) is 6.12. The summed E-state index contributed by atoms with van der Waals surface area (Å²) < 4.78 is 5.95. The maximum atomic E-state index is 9.09. The van der Waals surface area contributed by atoms with Crippen molar-refractivity contribution in [1.29, 1.82) is 5.26 Å². The zero-order valence-electron chi connectivity index (χ0n) is 10.1. The van der Waals surface area contributed by atoms with E-state index in [0.29, 0.717) is 23.8 Å². The minimum absolute atomic E-state index is 0.176. The van der Waals surface area contributed by atoms with Crippen LogP contribution in [-0.4, -0.2) is 12.6 Å². The molecule has 90 valence electrons. The Morgan fingerprint density at radius 3 is 3.00 bits per heavy atom. The third-order valence-electron chi connectivity index (χ3n) is 3.43. The molecule has 1 fully saturated rings. The van der Waals surface area contributed by atoms with Gasteiger partial charge in [0.15, 0.2) is 0 Å². The predicted octanol–water partition coefficient (Wildman–Crippen LogP) is 2.37. The van der Waals surface area contributed by atoms with Crippen molar-refractivity contribution in [1.82, 2.24) is 0 Å². The summed E-state index contributed by atoms with van der Waals surface area (Å²) in [7, 11) is 0. The van der Waals surface area contributed by atoms with Crippen LogP contribution in [0.2, 0.25) is 0 Å². The quantitative estimate of drug-likeness (QED) is 0.867. The van der Waals surface area contributed by atoms with E-state index in [0.717, 1.165) is 18.4 Å². The highest BCUT2D eigenvalue weighted by Gasteiger charge is 2.28. The van der Waals surface area contributed by atoms with Gasteiger partial charge in [-0.3, -0.25) is 0 Å². The Kier molecular flexibility index (Phi) is 3.65. The summed E-state index contributed by atoms with van der Waals surface area (Å²) in [4.78, 5) is 0. The number of nitriles is 1. The average molecular weight is 230 g/mol. The second-order valence-corrected chi connectivity index (χ2v) is 4.69. The number of nitrogens with zero attached hydrogens (tertiary/aromatic N) is 1. The number of ether oxygens (including phenoxy) is 1. The van der Waals surface area contributed by atoms with E-state index in [1.165, 1.54) is 6.42 Å². The van der Waals surface area contributed by atoms with Crippen molar-refractivity contribution in [2.75, 3.05) is 6.54 Å². The molecule has 2 unspecified atom stereocenters. The smallest absolute Gasteiger partial charge is 0.137 e. The van der Waals surface area contributed by atoms with Gasteiger partial charge in [-0.25, -0.2) is 0 Å². The Morgan fingerprint density at radius 1 is 1.47 bits per heavy atom. The van der Waals surface area contributed by atoms with E-state index in [2.05, 4.69) is 6.07 Å². The molecule has 3 heteroatoms. The SMILES string of the molecule is Cc1ccc(OC2CCCC2CN)c(C#N)c1. The standard InChI is InChI=1S/C14H18N2O/c1-10-5-6-14(12(7-10)9-16)17-13-4-2-3-11(13)8-15/h5-7,11,13H,2-4,8,15H2,1H3. The van der Waals surface area contributed by atoms with Crippen LogP contribution in [0.15, 0.2) is 18.2 Å². The summed E-state index contributed by atoms with van der Waals surface area (Å²) in [5.74, 6) is 1.13. The number of hydrogen-bond donors (Lipinski definition) is 1. The van der Waals surface area contributed by atoms with Crippen molar-refractivity contribution in [3.63, 3.8) is 0 Å². The first-order chi connectivity index (χ1) is 8.24. The number of aryl methyl sites for hydroxylation is 1. The van der Waals surface area contributed by atoms with Gasteiger partial charge in [0.25, 0.3) is 0 Å². The number of benzene rings is 1. The lowest BCUT2D eigenvalue weighted by Gasteiger charge is -2.20. The van der Waals surface area contributed by atoms with Crippen LogP contribution >= 0.6 is 0 Å². The fraction of sp³-hybridized carbons (Fsp3) is 0.500. The lowest BCUT2D eigenvalue weighted by molar-refractivity contribution is 0.162. The van der Waals surface area contributed by atoms with Crippen LogP contribution in [0, 0.1) is 24.2 Å². The molecule has 1 aromatic rings. The molecule has 0 radical (unpaired) electrons. The molecule has 1 aliphatic rings. The molecule has 0 saturated heterocycles. The molecule has 2 atom stereocenters. The van der Waals surface area contributed by atoms with Gasteiger partial charge >= 0.3 is 0 Å². The van der Waals surface area contributed by atoms with E-state index in [4.69, 9.17) is 15.7 Å². The van der Waals surface area contributed by atoms with Crippen LogP contribution in [0.1, 0.15) is 30.4 Å². The molecule has 0 heterocycles. The maximum Gasteiger partial charge on any atom is 0.137 e. The van der Waals surface area contributed by atoms with E-state index >= 15 is 0 Å². The summed E-state index contributed by atoms with van der Waals surface area (Å²) in [5, 5.41) is 9.09. The van der Waals surface area contributed by atoms with Crippen LogP contribution in [0.4, 0.5) is 0 Å². The van der Waals surface area contributed by atoms with Crippen molar-refractivity contribution < 1.29 is 4.74 Å². The molecule has 2 N–H and O–H groups in total. The highest BCUT2D eigenvalue weighted by atomic mass is 16.5. The summed E-state index contributed by atoms with van der Waals surface area (Å²) >= 11 is 0. The Hall–Kier alpha value is -1.53. The van der Waals surface area contributed by atoms with Gasteiger partial charge < -0.3 is 10.5 Å². The molecule has 1 aromatic carbocycles. The lowest BCUT2D eigenvalue weighted by atomic mass is 10.1. The fourth-order valence-corrected chi connectivity index (χ4v) is 2.42.